The van der Waals surface area contributed by atoms with Gasteiger partial charge in [-0.1, -0.05) is 35.5 Å². The van der Waals surface area contributed by atoms with E-state index in [1.807, 2.05) is 49.4 Å². The van der Waals surface area contributed by atoms with Gasteiger partial charge in [-0.2, -0.15) is 4.98 Å². The average molecular weight is 432 g/mol. The lowest BCUT2D eigenvalue weighted by molar-refractivity contribution is -0.121. The molecule has 0 spiro atoms. The van der Waals surface area contributed by atoms with Gasteiger partial charge >= 0.3 is 0 Å². The first-order valence-electron chi connectivity index (χ1n) is 10.4. The van der Waals surface area contributed by atoms with Gasteiger partial charge in [0.25, 0.3) is 5.56 Å². The molecule has 0 unspecified atom stereocenters. The number of amides is 1. The maximum Gasteiger partial charge on any atom is 0.259 e. The molecule has 0 aliphatic heterocycles. The van der Waals surface area contributed by atoms with E-state index in [1.54, 1.807) is 13.2 Å². The Morgan fingerprint density at radius 2 is 2.03 bits per heavy atom. The summed E-state index contributed by atoms with van der Waals surface area (Å²) in [6.07, 6.45) is 1.31. The van der Waals surface area contributed by atoms with Crippen molar-refractivity contribution < 1.29 is 14.1 Å². The molecule has 32 heavy (non-hydrogen) atoms. The van der Waals surface area contributed by atoms with Crippen molar-refractivity contribution in [3.05, 3.63) is 75.9 Å². The second-order valence-corrected chi connectivity index (χ2v) is 7.56. The molecule has 164 valence electrons. The second kappa shape index (κ2) is 9.47. The summed E-state index contributed by atoms with van der Waals surface area (Å²) in [5, 5.41) is 7.72. The zero-order chi connectivity index (χ0) is 22.5. The van der Waals surface area contributed by atoms with E-state index in [2.05, 4.69) is 20.4 Å². The lowest BCUT2D eigenvalue weighted by Gasteiger charge is -2.09. The number of carbonyl (C=O) groups is 1. The number of methoxy groups -OCH3 is 1. The van der Waals surface area contributed by atoms with Gasteiger partial charge in [0, 0.05) is 30.5 Å². The van der Waals surface area contributed by atoms with Gasteiger partial charge in [0.15, 0.2) is 0 Å². The minimum Gasteiger partial charge on any atom is -0.496 e. The van der Waals surface area contributed by atoms with Gasteiger partial charge in [0.2, 0.25) is 17.6 Å². The van der Waals surface area contributed by atoms with Crippen LogP contribution in [0.2, 0.25) is 0 Å². The highest BCUT2D eigenvalue weighted by molar-refractivity contribution is 5.82. The Morgan fingerprint density at radius 1 is 1.19 bits per heavy atom. The van der Waals surface area contributed by atoms with Crippen LogP contribution in [0.5, 0.6) is 5.75 Å². The normalized spacial score (nSPS) is 10.9. The zero-order valence-electron chi connectivity index (χ0n) is 18.0. The van der Waals surface area contributed by atoms with Crippen molar-refractivity contribution in [2.75, 3.05) is 7.11 Å². The first kappa shape index (κ1) is 21.3. The van der Waals surface area contributed by atoms with Crippen LogP contribution in [0.25, 0.3) is 22.3 Å². The van der Waals surface area contributed by atoms with Gasteiger partial charge in [-0.25, -0.2) is 0 Å². The molecule has 2 N–H and O–H groups in total. The molecule has 0 fully saturated rings. The SMILES string of the molecule is COc1ccccc1CNC(=O)CCCc1nc(-c2cc3ccc(C)cc3[nH]c2=O)no1. The van der Waals surface area contributed by atoms with Crippen LogP contribution in [-0.4, -0.2) is 28.1 Å². The number of nitrogens with one attached hydrogen (secondary N) is 2. The Hall–Kier alpha value is -3.94. The third-order valence-electron chi connectivity index (χ3n) is 5.17. The molecule has 0 bridgehead atoms. The molecule has 4 aromatic rings. The Kier molecular flexibility index (Phi) is 6.30. The summed E-state index contributed by atoms with van der Waals surface area (Å²) in [5.74, 6) is 1.30. The van der Waals surface area contributed by atoms with E-state index >= 15 is 0 Å². The molecule has 0 aliphatic rings. The number of pyridine rings is 1. The van der Waals surface area contributed by atoms with Crippen LogP contribution in [-0.2, 0) is 17.8 Å². The maximum absolute atomic E-state index is 12.5. The van der Waals surface area contributed by atoms with Gasteiger partial charge in [0.1, 0.15) is 5.75 Å². The van der Waals surface area contributed by atoms with Crippen LogP contribution >= 0.6 is 0 Å². The Balaban J connectivity index is 1.33. The number of carbonyl (C=O) groups excluding carboxylic acids is 1. The summed E-state index contributed by atoms with van der Waals surface area (Å²) in [7, 11) is 1.60. The van der Waals surface area contributed by atoms with Crippen molar-refractivity contribution in [3.63, 3.8) is 0 Å². The fraction of sp³-hybridized carbons (Fsp3) is 0.250. The van der Waals surface area contributed by atoms with Gasteiger partial charge in [-0.15, -0.1) is 0 Å². The quantitative estimate of drug-likeness (QED) is 0.441. The summed E-state index contributed by atoms with van der Waals surface area (Å²) in [4.78, 5) is 31.8. The van der Waals surface area contributed by atoms with E-state index in [9.17, 15) is 9.59 Å². The molecule has 0 radical (unpaired) electrons. The van der Waals surface area contributed by atoms with Crippen LogP contribution in [0.4, 0.5) is 0 Å². The molecule has 0 aliphatic carbocycles. The van der Waals surface area contributed by atoms with Gasteiger partial charge in [0.05, 0.1) is 12.7 Å². The first-order valence-corrected chi connectivity index (χ1v) is 10.4. The maximum atomic E-state index is 12.5. The molecule has 0 saturated carbocycles. The largest absolute Gasteiger partial charge is 0.496 e. The lowest BCUT2D eigenvalue weighted by Crippen LogP contribution is -2.22. The van der Waals surface area contributed by atoms with Gasteiger partial charge in [-0.05, 0) is 42.5 Å². The number of hydrogen-bond acceptors (Lipinski definition) is 6. The zero-order valence-corrected chi connectivity index (χ0v) is 18.0. The van der Waals surface area contributed by atoms with E-state index in [0.29, 0.717) is 37.3 Å². The molecule has 1 amide bonds. The summed E-state index contributed by atoms with van der Waals surface area (Å²) < 4.78 is 10.6. The van der Waals surface area contributed by atoms with E-state index < -0.39 is 0 Å². The molecule has 8 heteroatoms. The van der Waals surface area contributed by atoms with Crippen molar-refractivity contribution in [2.24, 2.45) is 0 Å². The standard InChI is InChI=1S/C24H24N4O4/c1-15-10-11-16-13-18(24(30)26-19(16)12-15)23-27-22(32-28-23)9-5-8-21(29)25-14-17-6-3-4-7-20(17)31-2/h3-4,6-7,10-13H,5,8-9,14H2,1-2H3,(H,25,29)(H,26,30). The third-order valence-corrected chi connectivity index (χ3v) is 5.17. The minimum atomic E-state index is -0.272. The lowest BCUT2D eigenvalue weighted by atomic mass is 10.1. The highest BCUT2D eigenvalue weighted by atomic mass is 16.5. The molecular formula is C24H24N4O4. The van der Waals surface area contributed by atoms with Gasteiger partial charge in [-0.3, -0.25) is 9.59 Å². The Morgan fingerprint density at radius 3 is 2.88 bits per heavy atom. The fourth-order valence-electron chi connectivity index (χ4n) is 3.48. The van der Waals surface area contributed by atoms with Crippen LogP contribution in [0.1, 0.15) is 29.9 Å². The average Bonchev–Trinajstić information content (AvgIpc) is 3.26. The highest BCUT2D eigenvalue weighted by Crippen LogP contribution is 2.19. The van der Waals surface area contributed by atoms with Crippen molar-refractivity contribution in [1.82, 2.24) is 20.4 Å². The Labute approximate surface area is 184 Å². The number of hydrogen-bond donors (Lipinski definition) is 2. The van der Waals surface area contributed by atoms with Crippen LogP contribution in [0.3, 0.4) is 0 Å². The number of benzene rings is 2. The summed E-state index contributed by atoms with van der Waals surface area (Å²) in [6, 6.07) is 15.1. The predicted molar refractivity (Wildman–Crippen MR) is 120 cm³/mol. The number of aromatic amines is 1. The van der Waals surface area contributed by atoms with Crippen molar-refractivity contribution in [1.29, 1.82) is 0 Å². The monoisotopic (exact) mass is 432 g/mol. The molecule has 0 atom stereocenters. The highest BCUT2D eigenvalue weighted by Gasteiger charge is 2.14. The van der Waals surface area contributed by atoms with Crippen molar-refractivity contribution >= 4 is 16.8 Å². The predicted octanol–water partition coefficient (Wildman–Crippen LogP) is 3.53. The summed E-state index contributed by atoms with van der Waals surface area (Å²) >= 11 is 0. The van der Waals surface area contributed by atoms with Crippen LogP contribution in [0.15, 0.2) is 57.8 Å². The molecule has 0 saturated heterocycles. The van der Waals surface area contributed by atoms with E-state index in [0.717, 1.165) is 27.8 Å². The molecule has 2 heterocycles. The fourth-order valence-corrected chi connectivity index (χ4v) is 3.48. The number of ether oxygens (including phenoxy) is 1. The number of aryl methyl sites for hydroxylation is 2. The Bertz CT molecular complexity index is 1310. The van der Waals surface area contributed by atoms with E-state index in [4.69, 9.17) is 9.26 Å². The smallest absolute Gasteiger partial charge is 0.259 e. The molecule has 2 aromatic carbocycles. The van der Waals surface area contributed by atoms with E-state index in [1.165, 1.54) is 0 Å². The van der Waals surface area contributed by atoms with Crippen LogP contribution < -0.4 is 15.6 Å². The molecule has 4 rings (SSSR count). The van der Waals surface area contributed by atoms with Crippen molar-refractivity contribution in [2.45, 2.75) is 32.7 Å². The van der Waals surface area contributed by atoms with Gasteiger partial charge < -0.3 is 19.6 Å². The summed E-state index contributed by atoms with van der Waals surface area (Å²) in [6.45, 7) is 2.37. The van der Waals surface area contributed by atoms with Crippen molar-refractivity contribution in [3.8, 4) is 17.1 Å². The second-order valence-electron chi connectivity index (χ2n) is 7.56. The van der Waals surface area contributed by atoms with Crippen LogP contribution in [0, 0.1) is 6.92 Å². The number of H-pyrrole nitrogens is 1. The summed E-state index contributed by atoms with van der Waals surface area (Å²) in [5.41, 5.74) is 2.83. The number of rotatable bonds is 8. The third kappa shape index (κ3) is 4.85. The molecular weight excluding hydrogens is 408 g/mol. The number of aromatic nitrogens is 3. The minimum absolute atomic E-state index is 0.0723. The number of nitrogens with zero attached hydrogens (tertiary/aromatic N) is 2. The number of fused-ring (bicyclic) bond motifs is 1. The topological polar surface area (TPSA) is 110 Å². The molecule has 2 aromatic heterocycles. The number of para-hydroxylation sites is 1. The molecule has 8 nitrogen and oxygen atoms in total. The van der Waals surface area contributed by atoms with E-state index in [-0.39, 0.29) is 17.3 Å². The first-order chi connectivity index (χ1) is 15.5.